The zero-order valence-electron chi connectivity index (χ0n) is 13.1. The lowest BCUT2D eigenvalue weighted by atomic mass is 10.0. The van der Waals surface area contributed by atoms with Crippen molar-refractivity contribution >= 4 is 28.5 Å². The Hall–Kier alpha value is -3.08. The van der Waals surface area contributed by atoms with Crippen LogP contribution in [0.2, 0.25) is 0 Å². The van der Waals surface area contributed by atoms with Crippen molar-refractivity contribution in [3.63, 3.8) is 0 Å². The molecule has 3 nitrogen and oxygen atoms in total. The van der Waals surface area contributed by atoms with E-state index in [9.17, 15) is 18.7 Å². The first-order chi connectivity index (χ1) is 12.1. The zero-order valence-corrected chi connectivity index (χ0v) is 13.1. The van der Waals surface area contributed by atoms with E-state index in [0.29, 0.717) is 40.6 Å². The molecule has 2 aromatic carbocycles. The van der Waals surface area contributed by atoms with E-state index in [4.69, 9.17) is 0 Å². The molecule has 25 heavy (non-hydrogen) atoms. The molecule has 4 rings (SSSR count). The number of pyridine rings is 1. The Kier molecular flexibility index (Phi) is 3.57. The molecule has 1 aliphatic rings. The van der Waals surface area contributed by atoms with Crippen LogP contribution in [-0.2, 0) is 6.42 Å². The van der Waals surface area contributed by atoms with Gasteiger partial charge in [0.05, 0.1) is 16.8 Å². The monoisotopic (exact) mass is 337 g/mol. The Bertz CT molecular complexity index is 1040. The Morgan fingerprint density at radius 3 is 2.48 bits per heavy atom. The average molecular weight is 337 g/mol. The number of rotatable bonds is 2. The van der Waals surface area contributed by atoms with Gasteiger partial charge in [0, 0.05) is 10.9 Å². The molecule has 3 aromatic rings. The number of nitrogens with zero attached hydrogens (tertiary/aromatic N) is 1. The number of allylic oxidation sites excluding steroid dienone is 1. The van der Waals surface area contributed by atoms with Gasteiger partial charge in [-0.3, -0.25) is 0 Å². The van der Waals surface area contributed by atoms with Crippen LogP contribution in [0.1, 0.15) is 33.6 Å². The number of aromatic carboxylic acids is 1. The SMILES string of the molecule is O=C(O)c1c2c(nc3ccccc13)/C(=C/c1c(F)cccc1F)CC2. The maximum absolute atomic E-state index is 13.9. The quantitative estimate of drug-likeness (QED) is 0.737. The summed E-state index contributed by atoms with van der Waals surface area (Å²) in [5, 5.41) is 10.2. The third-order valence-electron chi connectivity index (χ3n) is 4.47. The summed E-state index contributed by atoms with van der Waals surface area (Å²) in [6.07, 6.45) is 2.41. The van der Waals surface area contributed by atoms with Crippen molar-refractivity contribution in [1.29, 1.82) is 0 Å². The predicted octanol–water partition coefficient (Wildman–Crippen LogP) is 4.70. The Balaban J connectivity index is 1.97. The summed E-state index contributed by atoms with van der Waals surface area (Å²) in [5.74, 6) is -2.33. The topological polar surface area (TPSA) is 50.2 Å². The van der Waals surface area contributed by atoms with Crippen molar-refractivity contribution in [3.05, 3.63) is 76.5 Å². The largest absolute Gasteiger partial charge is 0.478 e. The molecule has 0 saturated carbocycles. The number of fused-ring (bicyclic) bond motifs is 2. The van der Waals surface area contributed by atoms with Gasteiger partial charge >= 0.3 is 5.97 Å². The molecule has 1 N–H and O–H groups in total. The van der Waals surface area contributed by atoms with Gasteiger partial charge in [0.15, 0.2) is 0 Å². The van der Waals surface area contributed by atoms with Crippen molar-refractivity contribution in [3.8, 4) is 0 Å². The highest BCUT2D eigenvalue weighted by molar-refractivity contribution is 6.06. The number of benzene rings is 2. The standard InChI is InChI=1S/C20H13F2NO2/c21-15-5-3-6-16(22)14(15)10-11-8-9-13-18(20(24)25)12-4-1-2-7-17(12)23-19(11)13/h1-7,10H,8-9H2,(H,24,25)/b11-10+. The van der Waals surface area contributed by atoms with E-state index < -0.39 is 17.6 Å². The molecular weight excluding hydrogens is 324 g/mol. The molecule has 0 saturated heterocycles. The smallest absolute Gasteiger partial charge is 0.336 e. The van der Waals surface area contributed by atoms with Crippen LogP contribution in [0.25, 0.3) is 22.6 Å². The van der Waals surface area contributed by atoms with Gasteiger partial charge in [0.2, 0.25) is 0 Å². The summed E-state index contributed by atoms with van der Waals surface area (Å²) in [7, 11) is 0. The van der Waals surface area contributed by atoms with Crippen LogP contribution in [0.5, 0.6) is 0 Å². The molecule has 0 radical (unpaired) electrons. The summed E-state index contributed by atoms with van der Waals surface area (Å²) in [4.78, 5) is 16.3. The van der Waals surface area contributed by atoms with Gasteiger partial charge in [0.1, 0.15) is 11.6 Å². The second-order valence-electron chi connectivity index (χ2n) is 5.94. The maximum atomic E-state index is 13.9. The molecule has 1 aliphatic carbocycles. The summed E-state index contributed by atoms with van der Waals surface area (Å²) in [6, 6.07) is 10.7. The summed E-state index contributed by atoms with van der Waals surface area (Å²) < 4.78 is 27.9. The molecule has 0 bridgehead atoms. The Morgan fingerprint density at radius 2 is 1.76 bits per heavy atom. The maximum Gasteiger partial charge on any atom is 0.336 e. The molecule has 0 fully saturated rings. The van der Waals surface area contributed by atoms with Crippen molar-refractivity contribution in [1.82, 2.24) is 4.98 Å². The average Bonchev–Trinajstić information content (AvgIpc) is 2.98. The second-order valence-corrected chi connectivity index (χ2v) is 5.94. The number of para-hydroxylation sites is 1. The third-order valence-corrected chi connectivity index (χ3v) is 4.47. The minimum atomic E-state index is -1.02. The van der Waals surface area contributed by atoms with Crippen molar-refractivity contribution in [2.75, 3.05) is 0 Å². The van der Waals surface area contributed by atoms with Gasteiger partial charge in [-0.15, -0.1) is 0 Å². The highest BCUT2D eigenvalue weighted by Gasteiger charge is 2.27. The zero-order chi connectivity index (χ0) is 17.6. The summed E-state index contributed by atoms with van der Waals surface area (Å²) in [5.41, 5.74) is 2.43. The first-order valence-electron chi connectivity index (χ1n) is 7.86. The number of halogens is 2. The fourth-order valence-electron chi connectivity index (χ4n) is 3.35. The number of carboxylic acids is 1. The van der Waals surface area contributed by atoms with Crippen molar-refractivity contribution in [2.24, 2.45) is 0 Å². The minimum Gasteiger partial charge on any atom is -0.478 e. The molecule has 5 heteroatoms. The van der Waals surface area contributed by atoms with Crippen molar-refractivity contribution in [2.45, 2.75) is 12.8 Å². The number of hydrogen-bond acceptors (Lipinski definition) is 2. The van der Waals surface area contributed by atoms with E-state index in [2.05, 4.69) is 4.98 Å². The molecule has 0 atom stereocenters. The first-order valence-corrected chi connectivity index (χ1v) is 7.86. The predicted molar refractivity (Wildman–Crippen MR) is 91.3 cm³/mol. The van der Waals surface area contributed by atoms with Crippen LogP contribution in [0.3, 0.4) is 0 Å². The van der Waals surface area contributed by atoms with Crippen LogP contribution in [0.4, 0.5) is 8.78 Å². The number of hydrogen-bond donors (Lipinski definition) is 1. The lowest BCUT2D eigenvalue weighted by Crippen LogP contribution is -2.05. The molecular formula is C20H13F2NO2. The lowest BCUT2D eigenvalue weighted by molar-refractivity contribution is 0.0698. The van der Waals surface area contributed by atoms with Crippen LogP contribution in [0.15, 0.2) is 42.5 Å². The van der Waals surface area contributed by atoms with Crippen LogP contribution < -0.4 is 0 Å². The van der Waals surface area contributed by atoms with Gasteiger partial charge < -0.3 is 5.11 Å². The van der Waals surface area contributed by atoms with E-state index in [1.54, 1.807) is 24.3 Å². The minimum absolute atomic E-state index is 0.128. The summed E-state index contributed by atoms with van der Waals surface area (Å²) in [6.45, 7) is 0. The first kappa shape index (κ1) is 15.4. The fraction of sp³-hybridized carbons (Fsp3) is 0.100. The van der Waals surface area contributed by atoms with Crippen LogP contribution in [-0.4, -0.2) is 16.1 Å². The molecule has 1 aromatic heterocycles. The third kappa shape index (κ3) is 2.48. The van der Waals surface area contributed by atoms with Crippen molar-refractivity contribution < 1.29 is 18.7 Å². The summed E-state index contributed by atoms with van der Waals surface area (Å²) >= 11 is 0. The lowest BCUT2D eigenvalue weighted by Gasteiger charge is -2.09. The highest BCUT2D eigenvalue weighted by Crippen LogP contribution is 2.37. The Morgan fingerprint density at radius 1 is 1.04 bits per heavy atom. The van der Waals surface area contributed by atoms with E-state index >= 15 is 0 Å². The van der Waals surface area contributed by atoms with Crippen LogP contribution >= 0.6 is 0 Å². The number of aromatic nitrogens is 1. The molecule has 124 valence electrons. The fourth-order valence-corrected chi connectivity index (χ4v) is 3.35. The number of carboxylic acid groups (broad SMARTS) is 1. The molecule has 0 aliphatic heterocycles. The Labute approximate surface area is 142 Å². The number of carbonyl (C=O) groups is 1. The molecule has 1 heterocycles. The van der Waals surface area contributed by atoms with E-state index in [1.165, 1.54) is 24.3 Å². The van der Waals surface area contributed by atoms with Gasteiger partial charge in [-0.2, -0.15) is 0 Å². The van der Waals surface area contributed by atoms with E-state index in [1.807, 2.05) is 0 Å². The molecule has 0 amide bonds. The second kappa shape index (κ2) is 5.77. The highest BCUT2D eigenvalue weighted by atomic mass is 19.1. The van der Waals surface area contributed by atoms with E-state index in [-0.39, 0.29) is 11.1 Å². The van der Waals surface area contributed by atoms with Gasteiger partial charge in [-0.1, -0.05) is 24.3 Å². The van der Waals surface area contributed by atoms with E-state index in [0.717, 1.165) is 0 Å². The molecule has 0 spiro atoms. The normalized spacial score (nSPS) is 14.9. The molecule has 0 unspecified atom stereocenters. The van der Waals surface area contributed by atoms with Crippen LogP contribution in [0, 0.1) is 11.6 Å². The van der Waals surface area contributed by atoms with Gasteiger partial charge in [0.25, 0.3) is 0 Å². The van der Waals surface area contributed by atoms with Gasteiger partial charge in [-0.25, -0.2) is 18.6 Å². The van der Waals surface area contributed by atoms with Gasteiger partial charge in [-0.05, 0) is 48.3 Å².